The Hall–Kier alpha value is -3.14. The first-order valence-electron chi connectivity index (χ1n) is 9.69. The molecule has 1 unspecified atom stereocenters. The fourth-order valence-electron chi connectivity index (χ4n) is 4.18. The molecule has 0 aromatic heterocycles. The molecule has 142 valence electrons. The van der Waals surface area contributed by atoms with Gasteiger partial charge in [-0.05, 0) is 65.8 Å². The molecule has 1 fully saturated rings. The molecule has 0 aliphatic carbocycles. The molecule has 0 spiro atoms. The second-order valence-corrected chi connectivity index (χ2v) is 7.65. The zero-order chi connectivity index (χ0) is 19.7. The third-order valence-electron chi connectivity index (χ3n) is 5.68. The topological polar surface area (TPSA) is 63.4 Å². The number of rotatable bonds is 4. The second-order valence-electron chi connectivity index (χ2n) is 7.65. The Morgan fingerprint density at radius 3 is 2.61 bits per heavy atom. The molecule has 1 atom stereocenters. The number of carbonyl (C=O) groups excluding carboxylic acids is 2. The molecule has 4 nitrogen and oxygen atoms in total. The van der Waals surface area contributed by atoms with Gasteiger partial charge in [0.25, 0.3) is 5.91 Å². The van der Waals surface area contributed by atoms with E-state index in [0.29, 0.717) is 11.5 Å². The van der Waals surface area contributed by atoms with Crippen molar-refractivity contribution in [2.45, 2.75) is 19.8 Å². The van der Waals surface area contributed by atoms with E-state index < -0.39 is 5.91 Å². The molecule has 28 heavy (non-hydrogen) atoms. The van der Waals surface area contributed by atoms with Crippen molar-refractivity contribution < 1.29 is 9.59 Å². The highest BCUT2D eigenvalue weighted by molar-refractivity contribution is 6.07. The molecule has 1 aliphatic heterocycles. The first-order valence-corrected chi connectivity index (χ1v) is 9.69. The highest BCUT2D eigenvalue weighted by Gasteiger charge is 2.28. The van der Waals surface area contributed by atoms with Gasteiger partial charge in [-0.2, -0.15) is 0 Å². The molecule has 3 aromatic carbocycles. The Morgan fingerprint density at radius 1 is 1.04 bits per heavy atom. The van der Waals surface area contributed by atoms with E-state index in [2.05, 4.69) is 13.0 Å². The lowest BCUT2D eigenvalue weighted by Gasteiger charge is -2.18. The van der Waals surface area contributed by atoms with E-state index >= 15 is 0 Å². The summed E-state index contributed by atoms with van der Waals surface area (Å²) < 4.78 is 0. The van der Waals surface area contributed by atoms with Crippen LogP contribution in [0.5, 0.6) is 0 Å². The largest absolute Gasteiger partial charge is 0.366 e. The standard InChI is InChI=1S/C24H24N2O2/c1-16-9-10-22(21-8-3-2-7-20(16)21)24(28)26-12-11-18(15-26)13-17-5-4-6-19(14-17)23(25)27/h2-10,14,18H,11-13,15H2,1H3,(H2,25,27). The number of fused-ring (bicyclic) bond motifs is 1. The van der Waals surface area contributed by atoms with Crippen LogP contribution in [0.3, 0.4) is 0 Å². The summed E-state index contributed by atoms with van der Waals surface area (Å²) >= 11 is 0. The number of nitrogens with zero attached hydrogens (tertiary/aromatic N) is 1. The summed E-state index contributed by atoms with van der Waals surface area (Å²) in [5, 5.41) is 2.15. The maximum absolute atomic E-state index is 13.2. The molecule has 1 saturated heterocycles. The molecule has 1 heterocycles. The van der Waals surface area contributed by atoms with Crippen molar-refractivity contribution in [1.82, 2.24) is 4.90 Å². The number of hydrogen-bond acceptors (Lipinski definition) is 2. The van der Waals surface area contributed by atoms with Crippen molar-refractivity contribution in [3.8, 4) is 0 Å². The van der Waals surface area contributed by atoms with Gasteiger partial charge >= 0.3 is 0 Å². The number of nitrogens with two attached hydrogens (primary N) is 1. The molecule has 4 rings (SSSR count). The van der Waals surface area contributed by atoms with Gasteiger partial charge in [-0.15, -0.1) is 0 Å². The lowest BCUT2D eigenvalue weighted by atomic mass is 9.97. The van der Waals surface area contributed by atoms with Gasteiger partial charge in [-0.25, -0.2) is 0 Å². The van der Waals surface area contributed by atoms with Crippen LogP contribution >= 0.6 is 0 Å². The number of amides is 2. The number of hydrogen-bond donors (Lipinski definition) is 1. The monoisotopic (exact) mass is 372 g/mol. The third kappa shape index (κ3) is 3.50. The summed E-state index contributed by atoms with van der Waals surface area (Å²) in [6, 6.07) is 19.5. The summed E-state index contributed by atoms with van der Waals surface area (Å²) in [5.74, 6) is 0.0877. The van der Waals surface area contributed by atoms with E-state index in [1.54, 1.807) is 6.07 Å². The van der Waals surface area contributed by atoms with Crippen LogP contribution in [0.2, 0.25) is 0 Å². The predicted molar refractivity (Wildman–Crippen MR) is 111 cm³/mol. The van der Waals surface area contributed by atoms with Gasteiger partial charge in [0, 0.05) is 24.2 Å². The highest BCUT2D eigenvalue weighted by atomic mass is 16.2. The zero-order valence-electron chi connectivity index (χ0n) is 16.0. The minimum absolute atomic E-state index is 0.101. The summed E-state index contributed by atoms with van der Waals surface area (Å²) in [5.41, 5.74) is 8.97. The smallest absolute Gasteiger partial charge is 0.254 e. The van der Waals surface area contributed by atoms with Gasteiger partial charge in [-0.3, -0.25) is 9.59 Å². The van der Waals surface area contributed by atoms with Crippen LogP contribution in [-0.4, -0.2) is 29.8 Å². The van der Waals surface area contributed by atoms with Crippen molar-refractivity contribution >= 4 is 22.6 Å². The van der Waals surface area contributed by atoms with Crippen molar-refractivity contribution in [1.29, 1.82) is 0 Å². The van der Waals surface area contributed by atoms with Gasteiger partial charge in [0.05, 0.1) is 0 Å². The Bertz CT molecular complexity index is 1060. The summed E-state index contributed by atoms with van der Waals surface area (Å²) in [6.07, 6.45) is 1.82. The molecule has 0 radical (unpaired) electrons. The number of benzene rings is 3. The second kappa shape index (κ2) is 7.47. The van der Waals surface area contributed by atoms with Crippen LogP contribution < -0.4 is 5.73 Å². The lowest BCUT2D eigenvalue weighted by Crippen LogP contribution is -2.29. The molecule has 1 aliphatic rings. The fraction of sp³-hybridized carbons (Fsp3) is 0.250. The Balaban J connectivity index is 1.50. The third-order valence-corrected chi connectivity index (χ3v) is 5.68. The van der Waals surface area contributed by atoms with Crippen molar-refractivity contribution in [3.63, 3.8) is 0 Å². The van der Waals surface area contributed by atoms with E-state index in [-0.39, 0.29) is 5.91 Å². The average molecular weight is 372 g/mol. The van der Waals surface area contributed by atoms with E-state index in [4.69, 9.17) is 5.73 Å². The van der Waals surface area contributed by atoms with E-state index in [9.17, 15) is 9.59 Å². The molecule has 3 aromatic rings. The van der Waals surface area contributed by atoms with Gasteiger partial charge < -0.3 is 10.6 Å². The highest BCUT2D eigenvalue weighted by Crippen LogP contribution is 2.27. The normalized spacial score (nSPS) is 16.5. The van der Waals surface area contributed by atoms with Gasteiger partial charge in [0.1, 0.15) is 0 Å². The number of primary amides is 1. The number of carbonyl (C=O) groups is 2. The van der Waals surface area contributed by atoms with Gasteiger partial charge in [0.15, 0.2) is 0 Å². The predicted octanol–water partition coefficient (Wildman–Crippen LogP) is 3.95. The number of likely N-dealkylation sites (tertiary alicyclic amines) is 1. The Labute approximate surface area is 165 Å². The Kier molecular flexibility index (Phi) is 4.86. The van der Waals surface area contributed by atoms with Crippen LogP contribution in [0.4, 0.5) is 0 Å². The molecular formula is C24H24N2O2. The minimum Gasteiger partial charge on any atom is -0.366 e. The van der Waals surface area contributed by atoms with Crippen LogP contribution in [0.25, 0.3) is 10.8 Å². The van der Waals surface area contributed by atoms with Crippen molar-refractivity contribution in [2.24, 2.45) is 11.7 Å². The van der Waals surface area contributed by atoms with Crippen LogP contribution in [0, 0.1) is 12.8 Å². The molecule has 4 heteroatoms. The Morgan fingerprint density at radius 2 is 1.82 bits per heavy atom. The van der Waals surface area contributed by atoms with E-state index in [1.807, 2.05) is 53.4 Å². The summed E-state index contributed by atoms with van der Waals surface area (Å²) in [4.78, 5) is 26.5. The quantitative estimate of drug-likeness (QED) is 0.754. The lowest BCUT2D eigenvalue weighted by molar-refractivity contribution is 0.0789. The fourth-order valence-corrected chi connectivity index (χ4v) is 4.18. The molecule has 0 bridgehead atoms. The molecule has 0 saturated carbocycles. The van der Waals surface area contributed by atoms with Gasteiger partial charge in [0.2, 0.25) is 5.91 Å². The van der Waals surface area contributed by atoms with Gasteiger partial charge in [-0.1, -0.05) is 42.5 Å². The summed E-state index contributed by atoms with van der Waals surface area (Å²) in [6.45, 7) is 3.58. The summed E-state index contributed by atoms with van der Waals surface area (Å²) in [7, 11) is 0. The van der Waals surface area contributed by atoms with Crippen LogP contribution in [-0.2, 0) is 6.42 Å². The first-order chi connectivity index (χ1) is 13.5. The average Bonchev–Trinajstić information content (AvgIpc) is 3.17. The first kappa shape index (κ1) is 18.2. The maximum Gasteiger partial charge on any atom is 0.254 e. The molecular weight excluding hydrogens is 348 g/mol. The van der Waals surface area contributed by atoms with Crippen molar-refractivity contribution in [2.75, 3.05) is 13.1 Å². The van der Waals surface area contributed by atoms with Crippen molar-refractivity contribution in [3.05, 3.63) is 82.9 Å². The molecule has 2 amide bonds. The molecule has 2 N–H and O–H groups in total. The zero-order valence-corrected chi connectivity index (χ0v) is 16.0. The van der Waals surface area contributed by atoms with E-state index in [0.717, 1.165) is 47.8 Å². The van der Waals surface area contributed by atoms with E-state index in [1.165, 1.54) is 5.56 Å². The maximum atomic E-state index is 13.2. The number of aryl methyl sites for hydroxylation is 1. The van der Waals surface area contributed by atoms with Crippen LogP contribution in [0.15, 0.2) is 60.7 Å². The minimum atomic E-state index is -0.406. The van der Waals surface area contributed by atoms with Crippen LogP contribution in [0.1, 0.15) is 38.3 Å². The SMILES string of the molecule is Cc1ccc(C(=O)N2CCC(Cc3cccc(C(N)=O)c3)C2)c2ccccc12.